The fourth-order valence-corrected chi connectivity index (χ4v) is 3.35. The number of halogens is 1. The van der Waals surface area contributed by atoms with Gasteiger partial charge in [0.05, 0.1) is 9.92 Å². The van der Waals surface area contributed by atoms with Gasteiger partial charge in [-0.2, -0.15) is 0 Å². The molecule has 24 heavy (non-hydrogen) atoms. The lowest BCUT2D eigenvalue weighted by Gasteiger charge is -2.12. The van der Waals surface area contributed by atoms with E-state index in [1.165, 1.54) is 12.3 Å². The van der Waals surface area contributed by atoms with Gasteiger partial charge in [-0.1, -0.05) is 17.7 Å². The Kier molecular flexibility index (Phi) is 4.47. The molecule has 0 radical (unpaired) electrons. The predicted molar refractivity (Wildman–Crippen MR) is 92.2 cm³/mol. The zero-order valence-electron chi connectivity index (χ0n) is 13.0. The van der Waals surface area contributed by atoms with E-state index in [4.69, 9.17) is 11.6 Å². The fourth-order valence-electron chi connectivity index (χ4n) is 2.49. The maximum Gasteiger partial charge on any atom is 0.220 e. The first-order valence-electron chi connectivity index (χ1n) is 7.34. The van der Waals surface area contributed by atoms with Crippen molar-refractivity contribution >= 4 is 38.9 Å². The Balaban J connectivity index is 1.86. The van der Waals surface area contributed by atoms with Crippen LogP contribution < -0.4 is 10.6 Å². The van der Waals surface area contributed by atoms with Crippen LogP contribution >= 0.6 is 11.6 Å². The van der Waals surface area contributed by atoms with Gasteiger partial charge in [0.25, 0.3) is 0 Å². The van der Waals surface area contributed by atoms with Crippen molar-refractivity contribution in [1.29, 1.82) is 0 Å². The maximum absolute atomic E-state index is 11.5. The van der Waals surface area contributed by atoms with Crippen LogP contribution in [0.15, 0.2) is 35.4 Å². The highest BCUT2D eigenvalue weighted by molar-refractivity contribution is 7.90. The second-order valence-corrected chi connectivity index (χ2v) is 8.08. The molecule has 1 amide bonds. The molecule has 1 aliphatic heterocycles. The number of pyridine rings is 1. The van der Waals surface area contributed by atoms with E-state index in [0.717, 1.165) is 23.1 Å². The summed E-state index contributed by atoms with van der Waals surface area (Å²) < 4.78 is 23.0. The smallest absolute Gasteiger partial charge is 0.220 e. The average molecular weight is 366 g/mol. The second-order valence-electron chi connectivity index (χ2n) is 5.66. The van der Waals surface area contributed by atoms with Crippen molar-refractivity contribution in [3.8, 4) is 0 Å². The van der Waals surface area contributed by atoms with Crippen LogP contribution in [0.5, 0.6) is 0 Å². The molecule has 1 aromatic heterocycles. The minimum atomic E-state index is -3.35. The summed E-state index contributed by atoms with van der Waals surface area (Å²) >= 11 is 6.13. The van der Waals surface area contributed by atoms with Crippen molar-refractivity contribution in [3.05, 3.63) is 46.6 Å². The van der Waals surface area contributed by atoms with Gasteiger partial charge in [0.2, 0.25) is 5.91 Å². The molecule has 3 rings (SSSR count). The molecule has 0 atom stereocenters. The molecular formula is C16H16ClN3O3S. The number of nitrogens with zero attached hydrogens (tertiary/aromatic N) is 1. The van der Waals surface area contributed by atoms with E-state index in [-0.39, 0.29) is 15.8 Å². The number of carbonyl (C=O) groups excluding carboxylic acids is 1. The summed E-state index contributed by atoms with van der Waals surface area (Å²) in [5.74, 6) is 0.420. The van der Waals surface area contributed by atoms with E-state index >= 15 is 0 Å². The van der Waals surface area contributed by atoms with Gasteiger partial charge in [0, 0.05) is 31.1 Å². The van der Waals surface area contributed by atoms with Crippen LogP contribution in [0.4, 0.5) is 11.5 Å². The van der Waals surface area contributed by atoms with Crippen molar-refractivity contribution in [2.75, 3.05) is 11.6 Å². The largest absolute Gasteiger partial charge is 0.352 e. The SMILES string of the molecule is CS(=O)(=O)c1cnc(Nc2ccc3c(c2)CNC(=O)CC3)c(Cl)c1. The number of aromatic nitrogens is 1. The number of carbonyl (C=O) groups is 1. The van der Waals surface area contributed by atoms with Gasteiger partial charge in [0.1, 0.15) is 5.82 Å². The van der Waals surface area contributed by atoms with Crippen molar-refractivity contribution < 1.29 is 13.2 Å². The molecule has 8 heteroatoms. The van der Waals surface area contributed by atoms with E-state index in [9.17, 15) is 13.2 Å². The minimum absolute atomic E-state index is 0.0433. The Hall–Kier alpha value is -2.12. The third kappa shape index (κ3) is 3.68. The van der Waals surface area contributed by atoms with Crippen LogP contribution in [0.2, 0.25) is 5.02 Å². The summed E-state index contributed by atoms with van der Waals surface area (Å²) in [5.41, 5.74) is 2.94. The van der Waals surface area contributed by atoms with Crippen molar-refractivity contribution in [1.82, 2.24) is 10.3 Å². The summed E-state index contributed by atoms with van der Waals surface area (Å²) in [5, 5.41) is 6.16. The van der Waals surface area contributed by atoms with Gasteiger partial charge in [0.15, 0.2) is 9.84 Å². The molecule has 1 aliphatic rings. The molecule has 0 fully saturated rings. The average Bonchev–Trinajstić information content (AvgIpc) is 2.70. The molecule has 1 aromatic carbocycles. The molecule has 6 nitrogen and oxygen atoms in total. The number of fused-ring (bicyclic) bond motifs is 1. The van der Waals surface area contributed by atoms with E-state index in [0.29, 0.717) is 25.2 Å². The van der Waals surface area contributed by atoms with Gasteiger partial charge < -0.3 is 10.6 Å². The van der Waals surface area contributed by atoms with E-state index in [1.54, 1.807) is 0 Å². The van der Waals surface area contributed by atoms with Gasteiger partial charge in [-0.05, 0) is 35.7 Å². The normalized spacial score (nSPS) is 14.5. The highest BCUT2D eigenvalue weighted by Gasteiger charge is 2.14. The third-order valence-corrected chi connectivity index (χ3v) is 5.18. The Morgan fingerprint density at radius 2 is 2.00 bits per heavy atom. The lowest BCUT2D eigenvalue weighted by molar-refractivity contribution is -0.121. The van der Waals surface area contributed by atoms with Crippen LogP contribution in [0.3, 0.4) is 0 Å². The molecule has 0 aliphatic carbocycles. The zero-order valence-corrected chi connectivity index (χ0v) is 14.5. The van der Waals surface area contributed by atoms with Gasteiger partial charge in [-0.25, -0.2) is 13.4 Å². The summed E-state index contributed by atoms with van der Waals surface area (Å²) in [6.45, 7) is 0.484. The number of sulfone groups is 1. The quantitative estimate of drug-likeness (QED) is 0.872. The summed E-state index contributed by atoms with van der Waals surface area (Å²) in [7, 11) is -3.35. The van der Waals surface area contributed by atoms with Crippen molar-refractivity contribution in [3.63, 3.8) is 0 Å². The first kappa shape index (κ1) is 16.7. The summed E-state index contributed by atoms with van der Waals surface area (Å²) in [6.07, 6.45) is 3.57. The molecule has 0 saturated carbocycles. The molecular weight excluding hydrogens is 350 g/mol. The highest BCUT2D eigenvalue weighted by atomic mass is 35.5. The molecule has 2 N–H and O–H groups in total. The maximum atomic E-state index is 11.5. The van der Waals surface area contributed by atoms with Crippen molar-refractivity contribution in [2.24, 2.45) is 0 Å². The highest BCUT2D eigenvalue weighted by Crippen LogP contribution is 2.27. The molecule has 126 valence electrons. The number of benzene rings is 1. The Labute approximate surface area is 145 Å². The van der Waals surface area contributed by atoms with Crippen molar-refractivity contribution in [2.45, 2.75) is 24.3 Å². The topological polar surface area (TPSA) is 88.2 Å². The molecule has 0 spiro atoms. The number of nitrogens with one attached hydrogen (secondary N) is 2. The summed E-state index contributed by atoms with van der Waals surface area (Å²) in [4.78, 5) is 15.6. The summed E-state index contributed by atoms with van der Waals surface area (Å²) in [6, 6.07) is 7.16. The first-order chi connectivity index (χ1) is 11.3. The van der Waals surface area contributed by atoms with Gasteiger partial charge in [-0.3, -0.25) is 4.79 Å². The fraction of sp³-hybridized carbons (Fsp3) is 0.250. The number of anilines is 2. The number of aryl methyl sites for hydroxylation is 1. The van der Waals surface area contributed by atoms with Crippen LogP contribution in [-0.2, 0) is 27.6 Å². The first-order valence-corrected chi connectivity index (χ1v) is 9.61. The third-order valence-electron chi connectivity index (χ3n) is 3.81. The van der Waals surface area contributed by atoms with E-state index < -0.39 is 9.84 Å². The lowest BCUT2D eigenvalue weighted by Crippen LogP contribution is -2.20. The minimum Gasteiger partial charge on any atom is -0.352 e. The number of hydrogen-bond acceptors (Lipinski definition) is 5. The van der Waals surface area contributed by atoms with E-state index in [1.807, 2.05) is 18.2 Å². The standard InChI is InChI=1S/C16H16ClN3O3S/c1-24(22,23)13-7-14(17)16(19-9-13)20-12-4-2-10-3-5-15(21)18-8-11(10)6-12/h2,4,6-7,9H,3,5,8H2,1H3,(H,18,21)(H,19,20). The molecule has 0 saturated heterocycles. The Morgan fingerprint density at radius 1 is 1.21 bits per heavy atom. The molecule has 0 unspecified atom stereocenters. The number of rotatable bonds is 3. The predicted octanol–water partition coefficient (Wildman–Crippen LogP) is 2.44. The van der Waals surface area contributed by atoms with Crippen LogP contribution in [0.1, 0.15) is 17.5 Å². The zero-order chi connectivity index (χ0) is 17.3. The van der Waals surface area contributed by atoms with Gasteiger partial charge in [-0.15, -0.1) is 0 Å². The van der Waals surface area contributed by atoms with Crippen LogP contribution in [0, 0.1) is 0 Å². The number of hydrogen-bond donors (Lipinski definition) is 2. The van der Waals surface area contributed by atoms with E-state index in [2.05, 4.69) is 15.6 Å². The Bertz CT molecular complexity index is 913. The molecule has 0 bridgehead atoms. The Morgan fingerprint density at radius 3 is 2.71 bits per heavy atom. The van der Waals surface area contributed by atoms with Gasteiger partial charge >= 0.3 is 0 Å². The number of amides is 1. The monoisotopic (exact) mass is 365 g/mol. The van der Waals surface area contributed by atoms with Crippen LogP contribution in [0.25, 0.3) is 0 Å². The molecule has 2 aromatic rings. The van der Waals surface area contributed by atoms with Crippen LogP contribution in [-0.4, -0.2) is 25.6 Å². The molecule has 2 heterocycles. The lowest BCUT2D eigenvalue weighted by atomic mass is 10.0. The second kappa shape index (κ2) is 6.41.